The summed E-state index contributed by atoms with van der Waals surface area (Å²) >= 11 is 0.984. The van der Waals surface area contributed by atoms with E-state index >= 15 is 0 Å². The van der Waals surface area contributed by atoms with E-state index in [-0.39, 0.29) is 35.2 Å². The molecule has 1 fully saturated rings. The average Bonchev–Trinajstić information content (AvgIpc) is 2.57. The quantitative estimate of drug-likeness (QED) is 0.644. The molecular formula is C17H30N2O4S. The maximum atomic E-state index is 12.4. The SMILES string of the molecule is CCC(=O)N[C@@H](CSC(=O)[C@@H](N)C(C)C)C(=O)OC1CCCCC1. The standard InChI is InChI=1S/C17H30N2O4S/c1-4-14(20)19-13(10-24-17(22)15(18)11(2)3)16(21)23-12-8-6-5-7-9-12/h11-13,15H,4-10,18H2,1-3H3,(H,19,20)/t13-,15-/m0/s1. The molecular weight excluding hydrogens is 328 g/mol. The zero-order chi connectivity index (χ0) is 18.1. The zero-order valence-corrected chi connectivity index (χ0v) is 15.7. The number of ether oxygens (including phenoxy) is 1. The van der Waals surface area contributed by atoms with E-state index in [0.717, 1.165) is 37.4 Å². The maximum Gasteiger partial charge on any atom is 0.329 e. The molecule has 2 atom stereocenters. The molecule has 1 amide bonds. The van der Waals surface area contributed by atoms with Crippen molar-refractivity contribution in [3.05, 3.63) is 0 Å². The van der Waals surface area contributed by atoms with E-state index in [2.05, 4.69) is 5.32 Å². The Bertz CT molecular complexity index is 436. The number of carbonyl (C=O) groups is 3. The van der Waals surface area contributed by atoms with Crippen LogP contribution < -0.4 is 11.1 Å². The van der Waals surface area contributed by atoms with Crippen LogP contribution in [0.25, 0.3) is 0 Å². The third-order valence-electron chi connectivity index (χ3n) is 4.16. The molecule has 0 unspecified atom stereocenters. The normalized spacial score (nSPS) is 18.0. The highest BCUT2D eigenvalue weighted by atomic mass is 32.2. The molecule has 24 heavy (non-hydrogen) atoms. The molecule has 1 rings (SSSR count). The van der Waals surface area contributed by atoms with E-state index in [4.69, 9.17) is 10.5 Å². The van der Waals surface area contributed by atoms with Gasteiger partial charge >= 0.3 is 5.97 Å². The Morgan fingerprint density at radius 3 is 2.38 bits per heavy atom. The molecule has 0 aromatic carbocycles. The lowest BCUT2D eigenvalue weighted by Crippen LogP contribution is -2.45. The Hall–Kier alpha value is -1.08. The van der Waals surface area contributed by atoms with Gasteiger partial charge in [-0.2, -0.15) is 0 Å². The first-order chi connectivity index (χ1) is 11.3. The lowest BCUT2D eigenvalue weighted by molar-refractivity contribution is -0.153. The van der Waals surface area contributed by atoms with Crippen molar-refractivity contribution in [3.8, 4) is 0 Å². The van der Waals surface area contributed by atoms with Crippen molar-refractivity contribution in [2.24, 2.45) is 11.7 Å². The van der Waals surface area contributed by atoms with Gasteiger partial charge in [0.25, 0.3) is 0 Å². The molecule has 0 bridgehead atoms. The largest absolute Gasteiger partial charge is 0.461 e. The molecule has 0 saturated heterocycles. The number of esters is 1. The first-order valence-corrected chi connectivity index (χ1v) is 9.75. The molecule has 1 aliphatic rings. The van der Waals surface area contributed by atoms with E-state index in [1.807, 2.05) is 13.8 Å². The highest BCUT2D eigenvalue weighted by molar-refractivity contribution is 8.13. The number of rotatable bonds is 8. The number of amides is 1. The van der Waals surface area contributed by atoms with Gasteiger partial charge in [-0.1, -0.05) is 39.0 Å². The molecule has 7 heteroatoms. The molecule has 0 radical (unpaired) electrons. The molecule has 1 saturated carbocycles. The molecule has 0 spiro atoms. The molecule has 1 aliphatic carbocycles. The van der Waals surface area contributed by atoms with Crippen LogP contribution in [-0.2, 0) is 19.1 Å². The molecule has 0 aliphatic heterocycles. The Balaban J connectivity index is 2.59. The van der Waals surface area contributed by atoms with Crippen LogP contribution in [0.5, 0.6) is 0 Å². The Labute approximate surface area is 148 Å². The summed E-state index contributed by atoms with van der Waals surface area (Å²) in [5, 5.41) is 2.48. The lowest BCUT2D eigenvalue weighted by Gasteiger charge is -2.25. The van der Waals surface area contributed by atoms with Crippen molar-refractivity contribution >= 4 is 28.8 Å². The van der Waals surface area contributed by atoms with Crippen molar-refractivity contribution in [2.45, 2.75) is 77.5 Å². The average molecular weight is 359 g/mol. The highest BCUT2D eigenvalue weighted by Gasteiger charge is 2.28. The van der Waals surface area contributed by atoms with Crippen LogP contribution in [-0.4, -0.2) is 40.9 Å². The molecule has 6 nitrogen and oxygen atoms in total. The summed E-state index contributed by atoms with van der Waals surface area (Å²) in [6.45, 7) is 5.46. The Kier molecular flexibility index (Phi) is 9.36. The Morgan fingerprint density at radius 1 is 1.21 bits per heavy atom. The number of hydrogen-bond acceptors (Lipinski definition) is 6. The van der Waals surface area contributed by atoms with Crippen molar-refractivity contribution < 1.29 is 19.1 Å². The summed E-state index contributed by atoms with van der Waals surface area (Å²) in [7, 11) is 0. The number of thioether (sulfide) groups is 1. The third-order valence-corrected chi connectivity index (χ3v) is 5.22. The van der Waals surface area contributed by atoms with Gasteiger partial charge < -0.3 is 15.8 Å². The van der Waals surface area contributed by atoms with Gasteiger partial charge in [-0.15, -0.1) is 0 Å². The van der Waals surface area contributed by atoms with Crippen molar-refractivity contribution in [1.29, 1.82) is 0 Å². The van der Waals surface area contributed by atoms with Gasteiger partial charge in [-0.25, -0.2) is 4.79 Å². The van der Waals surface area contributed by atoms with Crippen molar-refractivity contribution in [3.63, 3.8) is 0 Å². The molecule has 0 aromatic heterocycles. The lowest BCUT2D eigenvalue weighted by atomic mass is 9.98. The first kappa shape index (κ1) is 21.0. The number of hydrogen-bond donors (Lipinski definition) is 2. The van der Waals surface area contributed by atoms with Gasteiger partial charge in [-0.05, 0) is 31.6 Å². The summed E-state index contributed by atoms with van der Waals surface area (Å²) < 4.78 is 5.53. The number of nitrogens with two attached hydrogens (primary N) is 1. The second-order valence-corrected chi connectivity index (χ2v) is 7.59. The van der Waals surface area contributed by atoms with Crippen LogP contribution in [0.15, 0.2) is 0 Å². The van der Waals surface area contributed by atoms with E-state index in [0.29, 0.717) is 0 Å². The van der Waals surface area contributed by atoms with E-state index in [9.17, 15) is 14.4 Å². The predicted molar refractivity (Wildman–Crippen MR) is 95.5 cm³/mol. The van der Waals surface area contributed by atoms with E-state index < -0.39 is 18.1 Å². The summed E-state index contributed by atoms with van der Waals surface area (Å²) in [6, 6.07) is -1.39. The smallest absolute Gasteiger partial charge is 0.329 e. The minimum absolute atomic E-state index is 0.0304. The van der Waals surface area contributed by atoms with Crippen molar-refractivity contribution in [1.82, 2.24) is 5.32 Å². The Morgan fingerprint density at radius 2 is 1.83 bits per heavy atom. The second-order valence-electron chi connectivity index (χ2n) is 6.57. The predicted octanol–water partition coefficient (Wildman–Crippen LogP) is 2.00. The summed E-state index contributed by atoms with van der Waals surface area (Å²) in [4.78, 5) is 36.1. The molecule has 3 N–H and O–H groups in total. The zero-order valence-electron chi connectivity index (χ0n) is 14.9. The van der Waals surface area contributed by atoms with E-state index in [1.54, 1.807) is 6.92 Å². The summed E-state index contributed by atoms with van der Waals surface area (Å²) in [5.41, 5.74) is 5.83. The van der Waals surface area contributed by atoms with Gasteiger partial charge in [0, 0.05) is 12.2 Å². The number of carbonyl (C=O) groups excluding carboxylic acids is 3. The van der Waals surface area contributed by atoms with Crippen molar-refractivity contribution in [2.75, 3.05) is 5.75 Å². The maximum absolute atomic E-state index is 12.4. The minimum Gasteiger partial charge on any atom is -0.461 e. The fourth-order valence-corrected chi connectivity index (χ4v) is 3.44. The first-order valence-electron chi connectivity index (χ1n) is 8.77. The summed E-state index contributed by atoms with van der Waals surface area (Å²) in [5.74, 6) is -0.511. The fraction of sp³-hybridized carbons (Fsp3) is 0.824. The molecule has 138 valence electrons. The summed E-state index contributed by atoms with van der Waals surface area (Å²) in [6.07, 6.45) is 5.21. The van der Waals surface area contributed by atoms with Gasteiger partial charge in [0.2, 0.25) is 11.0 Å². The van der Waals surface area contributed by atoms with Crippen LogP contribution in [0.4, 0.5) is 0 Å². The molecule has 0 heterocycles. The van der Waals surface area contributed by atoms with Crippen LogP contribution in [0.2, 0.25) is 0 Å². The third kappa shape index (κ3) is 7.21. The van der Waals surface area contributed by atoms with Crippen LogP contribution in [0, 0.1) is 5.92 Å². The van der Waals surface area contributed by atoms with Gasteiger partial charge in [0.15, 0.2) is 0 Å². The molecule has 0 aromatic rings. The topological polar surface area (TPSA) is 98.5 Å². The monoisotopic (exact) mass is 358 g/mol. The van der Waals surface area contributed by atoms with Gasteiger partial charge in [0.05, 0.1) is 6.04 Å². The van der Waals surface area contributed by atoms with Crippen LogP contribution >= 0.6 is 11.8 Å². The van der Waals surface area contributed by atoms with Crippen LogP contribution in [0.3, 0.4) is 0 Å². The van der Waals surface area contributed by atoms with Crippen LogP contribution in [0.1, 0.15) is 59.3 Å². The van der Waals surface area contributed by atoms with Gasteiger partial charge in [0.1, 0.15) is 12.1 Å². The van der Waals surface area contributed by atoms with E-state index in [1.165, 1.54) is 6.42 Å². The fourth-order valence-electron chi connectivity index (χ4n) is 2.43. The second kappa shape index (κ2) is 10.7. The highest BCUT2D eigenvalue weighted by Crippen LogP contribution is 2.21. The number of nitrogens with one attached hydrogen (secondary N) is 1. The minimum atomic E-state index is -0.812. The van der Waals surface area contributed by atoms with Gasteiger partial charge in [-0.3, -0.25) is 9.59 Å².